The molecule has 3 heteroatoms. The molecule has 0 bridgehead atoms. The molecule has 0 aromatic carbocycles. The van der Waals surface area contributed by atoms with Crippen molar-refractivity contribution in [2.45, 2.75) is 57.9 Å². The summed E-state index contributed by atoms with van der Waals surface area (Å²) in [6.07, 6.45) is 9.50. The Kier molecular flexibility index (Phi) is 6.62. The van der Waals surface area contributed by atoms with Crippen molar-refractivity contribution in [3.05, 3.63) is 0 Å². The topological polar surface area (TPSA) is 35.5 Å². The van der Waals surface area contributed by atoms with Crippen LogP contribution >= 0.6 is 0 Å². The number of hydrogen-bond donors (Lipinski definition) is 2. The first-order chi connectivity index (χ1) is 9.33. The quantitative estimate of drug-likeness (QED) is 0.743. The SMILES string of the molecule is CCCNC(CO)CCN1CCC2CCCCC2C1. The van der Waals surface area contributed by atoms with E-state index in [1.807, 2.05) is 0 Å². The Bertz CT molecular complexity index is 247. The second kappa shape index (κ2) is 8.23. The molecule has 19 heavy (non-hydrogen) atoms. The zero-order chi connectivity index (χ0) is 13.5. The van der Waals surface area contributed by atoms with E-state index in [0.29, 0.717) is 6.04 Å². The maximum Gasteiger partial charge on any atom is 0.0585 e. The number of likely N-dealkylation sites (tertiary alicyclic amines) is 1. The molecule has 3 atom stereocenters. The van der Waals surface area contributed by atoms with E-state index in [1.54, 1.807) is 0 Å². The average molecular weight is 268 g/mol. The third kappa shape index (κ3) is 4.73. The van der Waals surface area contributed by atoms with Crippen LogP contribution < -0.4 is 5.32 Å². The summed E-state index contributed by atoms with van der Waals surface area (Å²) >= 11 is 0. The van der Waals surface area contributed by atoms with Crippen molar-refractivity contribution in [3.8, 4) is 0 Å². The van der Waals surface area contributed by atoms with Crippen molar-refractivity contribution >= 4 is 0 Å². The first-order valence-electron chi connectivity index (χ1n) is 8.40. The Hall–Kier alpha value is -0.120. The summed E-state index contributed by atoms with van der Waals surface area (Å²) in [5.74, 6) is 2.00. The van der Waals surface area contributed by atoms with Crippen molar-refractivity contribution in [1.29, 1.82) is 0 Å². The fourth-order valence-corrected chi connectivity index (χ4v) is 3.82. The number of piperidine rings is 1. The molecule has 0 radical (unpaired) electrons. The molecule has 0 aromatic heterocycles. The normalized spacial score (nSPS) is 30.0. The van der Waals surface area contributed by atoms with Gasteiger partial charge in [0.1, 0.15) is 0 Å². The van der Waals surface area contributed by atoms with Crippen LogP contribution in [-0.4, -0.2) is 48.8 Å². The number of fused-ring (bicyclic) bond motifs is 1. The molecule has 1 aliphatic heterocycles. The Morgan fingerprint density at radius 3 is 2.74 bits per heavy atom. The van der Waals surface area contributed by atoms with Gasteiger partial charge in [-0.2, -0.15) is 0 Å². The lowest BCUT2D eigenvalue weighted by Gasteiger charge is -2.41. The van der Waals surface area contributed by atoms with Crippen LogP contribution in [0.25, 0.3) is 0 Å². The zero-order valence-electron chi connectivity index (χ0n) is 12.6. The lowest BCUT2D eigenvalue weighted by Crippen LogP contribution is -2.44. The van der Waals surface area contributed by atoms with Crippen LogP contribution in [0.1, 0.15) is 51.9 Å². The van der Waals surface area contributed by atoms with Gasteiger partial charge < -0.3 is 15.3 Å². The predicted octanol–water partition coefficient (Wildman–Crippen LogP) is 2.25. The fourth-order valence-electron chi connectivity index (χ4n) is 3.82. The summed E-state index contributed by atoms with van der Waals surface area (Å²) in [7, 11) is 0. The number of hydrogen-bond acceptors (Lipinski definition) is 3. The minimum absolute atomic E-state index is 0.278. The molecular weight excluding hydrogens is 236 g/mol. The van der Waals surface area contributed by atoms with Gasteiger partial charge in [-0.25, -0.2) is 0 Å². The van der Waals surface area contributed by atoms with Gasteiger partial charge >= 0.3 is 0 Å². The minimum Gasteiger partial charge on any atom is -0.395 e. The molecule has 0 amide bonds. The second-order valence-electron chi connectivity index (χ2n) is 6.52. The highest BCUT2D eigenvalue weighted by molar-refractivity contribution is 4.84. The molecule has 0 aromatic rings. The number of nitrogens with zero attached hydrogens (tertiary/aromatic N) is 1. The largest absolute Gasteiger partial charge is 0.395 e. The standard InChI is InChI=1S/C16H32N2O/c1-2-9-17-16(13-19)8-11-18-10-7-14-5-3-4-6-15(14)12-18/h14-17,19H,2-13H2,1H3. The maximum atomic E-state index is 9.39. The lowest BCUT2D eigenvalue weighted by atomic mass is 9.75. The minimum atomic E-state index is 0.278. The molecule has 2 fully saturated rings. The van der Waals surface area contributed by atoms with Crippen LogP contribution in [0, 0.1) is 11.8 Å². The molecule has 2 rings (SSSR count). The Morgan fingerprint density at radius 2 is 2.00 bits per heavy atom. The molecule has 2 aliphatic rings. The van der Waals surface area contributed by atoms with Crippen LogP contribution in [0.3, 0.4) is 0 Å². The van der Waals surface area contributed by atoms with Gasteiger partial charge in [0.25, 0.3) is 0 Å². The van der Waals surface area contributed by atoms with Crippen molar-refractivity contribution < 1.29 is 5.11 Å². The molecule has 2 N–H and O–H groups in total. The highest BCUT2D eigenvalue weighted by Crippen LogP contribution is 2.35. The van der Waals surface area contributed by atoms with E-state index in [1.165, 1.54) is 45.2 Å². The second-order valence-corrected chi connectivity index (χ2v) is 6.52. The van der Waals surface area contributed by atoms with Crippen molar-refractivity contribution in [3.63, 3.8) is 0 Å². The van der Waals surface area contributed by atoms with Gasteiger partial charge in [-0.3, -0.25) is 0 Å². The van der Waals surface area contributed by atoms with E-state index < -0.39 is 0 Å². The smallest absolute Gasteiger partial charge is 0.0585 e. The van der Waals surface area contributed by atoms with Gasteiger partial charge in [0, 0.05) is 12.6 Å². The molecule has 3 unspecified atom stereocenters. The summed E-state index contributed by atoms with van der Waals surface area (Å²) in [5.41, 5.74) is 0. The summed E-state index contributed by atoms with van der Waals surface area (Å²) in [5, 5.41) is 12.8. The van der Waals surface area contributed by atoms with Gasteiger partial charge in [0.15, 0.2) is 0 Å². The molecule has 1 saturated carbocycles. The van der Waals surface area contributed by atoms with Crippen molar-refractivity contribution in [2.75, 3.05) is 32.8 Å². The monoisotopic (exact) mass is 268 g/mol. The lowest BCUT2D eigenvalue weighted by molar-refractivity contribution is 0.0816. The molecule has 0 spiro atoms. The van der Waals surface area contributed by atoms with E-state index >= 15 is 0 Å². The number of nitrogens with one attached hydrogen (secondary N) is 1. The summed E-state index contributed by atoms with van der Waals surface area (Å²) in [6.45, 7) is 7.24. The van der Waals surface area contributed by atoms with Gasteiger partial charge in [0.2, 0.25) is 0 Å². The highest BCUT2D eigenvalue weighted by atomic mass is 16.3. The molecular formula is C16H32N2O. The first kappa shape index (κ1) is 15.3. The molecule has 3 nitrogen and oxygen atoms in total. The average Bonchev–Trinajstić information content (AvgIpc) is 2.47. The van der Waals surface area contributed by atoms with Crippen LogP contribution in [0.2, 0.25) is 0 Å². The third-order valence-corrected chi connectivity index (χ3v) is 5.07. The number of aliphatic hydroxyl groups excluding tert-OH is 1. The van der Waals surface area contributed by atoms with Crippen LogP contribution in [0.4, 0.5) is 0 Å². The summed E-state index contributed by atoms with van der Waals surface area (Å²) in [4.78, 5) is 2.64. The Balaban J connectivity index is 1.68. The highest BCUT2D eigenvalue weighted by Gasteiger charge is 2.30. The first-order valence-corrected chi connectivity index (χ1v) is 8.40. The molecule has 1 saturated heterocycles. The number of aliphatic hydroxyl groups is 1. The van der Waals surface area contributed by atoms with Crippen LogP contribution in [0.5, 0.6) is 0 Å². The maximum absolute atomic E-state index is 9.39. The summed E-state index contributed by atoms with van der Waals surface area (Å²) < 4.78 is 0. The van der Waals surface area contributed by atoms with Crippen LogP contribution in [-0.2, 0) is 0 Å². The van der Waals surface area contributed by atoms with Gasteiger partial charge in [-0.15, -0.1) is 0 Å². The van der Waals surface area contributed by atoms with E-state index in [4.69, 9.17) is 0 Å². The van der Waals surface area contributed by atoms with Gasteiger partial charge in [0.05, 0.1) is 6.61 Å². The van der Waals surface area contributed by atoms with Crippen molar-refractivity contribution in [2.24, 2.45) is 11.8 Å². The summed E-state index contributed by atoms with van der Waals surface area (Å²) in [6, 6.07) is 0.295. The van der Waals surface area contributed by atoms with E-state index in [0.717, 1.165) is 37.8 Å². The third-order valence-electron chi connectivity index (χ3n) is 5.07. The Labute approximate surface area is 118 Å². The van der Waals surface area contributed by atoms with E-state index in [-0.39, 0.29) is 6.61 Å². The molecule has 1 heterocycles. The van der Waals surface area contributed by atoms with E-state index in [2.05, 4.69) is 17.1 Å². The number of rotatable bonds is 7. The van der Waals surface area contributed by atoms with E-state index in [9.17, 15) is 5.11 Å². The fraction of sp³-hybridized carbons (Fsp3) is 1.00. The Morgan fingerprint density at radius 1 is 1.21 bits per heavy atom. The predicted molar refractivity (Wildman–Crippen MR) is 80.3 cm³/mol. The van der Waals surface area contributed by atoms with Crippen LogP contribution in [0.15, 0.2) is 0 Å². The van der Waals surface area contributed by atoms with Crippen molar-refractivity contribution in [1.82, 2.24) is 10.2 Å². The van der Waals surface area contributed by atoms with Gasteiger partial charge in [-0.1, -0.05) is 26.2 Å². The van der Waals surface area contributed by atoms with Gasteiger partial charge in [-0.05, 0) is 57.2 Å². The molecule has 112 valence electrons. The zero-order valence-corrected chi connectivity index (χ0v) is 12.6. The molecule has 1 aliphatic carbocycles.